The molecule has 1 aromatic rings. The van der Waals surface area contributed by atoms with E-state index in [-0.39, 0.29) is 0 Å². The lowest BCUT2D eigenvalue weighted by Crippen LogP contribution is -2.07. The van der Waals surface area contributed by atoms with E-state index in [9.17, 15) is 5.11 Å². The van der Waals surface area contributed by atoms with Gasteiger partial charge in [-0.2, -0.15) is 0 Å². The lowest BCUT2D eigenvalue weighted by Gasteiger charge is -2.15. The Bertz CT molecular complexity index is 340. The SMILES string of the molecule is CCOc1ccc(C(O)C(Cl)Cl)cc1CC. The van der Waals surface area contributed by atoms with Crippen LogP contribution in [0.1, 0.15) is 31.1 Å². The summed E-state index contributed by atoms with van der Waals surface area (Å²) < 4.78 is 5.48. The predicted octanol–water partition coefficient (Wildman–Crippen LogP) is 3.48. The van der Waals surface area contributed by atoms with Gasteiger partial charge in [-0.05, 0) is 36.6 Å². The molecular weight excluding hydrogens is 247 g/mol. The maximum atomic E-state index is 9.73. The van der Waals surface area contributed by atoms with Crippen molar-refractivity contribution in [1.82, 2.24) is 0 Å². The highest BCUT2D eigenvalue weighted by Crippen LogP contribution is 2.28. The molecular formula is C12H16Cl2O2. The minimum atomic E-state index is -0.857. The second-order valence-corrected chi connectivity index (χ2v) is 4.60. The zero-order valence-corrected chi connectivity index (χ0v) is 10.9. The lowest BCUT2D eigenvalue weighted by molar-refractivity contribution is 0.192. The third-order valence-electron chi connectivity index (χ3n) is 2.35. The number of alkyl halides is 2. The Hall–Kier alpha value is -0.440. The summed E-state index contributed by atoms with van der Waals surface area (Å²) in [6, 6.07) is 5.51. The molecule has 0 amide bonds. The van der Waals surface area contributed by atoms with Crippen LogP contribution in [0.15, 0.2) is 18.2 Å². The van der Waals surface area contributed by atoms with Gasteiger partial charge >= 0.3 is 0 Å². The fourth-order valence-corrected chi connectivity index (χ4v) is 1.79. The third-order valence-corrected chi connectivity index (χ3v) is 2.82. The minimum absolute atomic E-state index is 0.628. The van der Waals surface area contributed by atoms with Crippen molar-refractivity contribution in [1.29, 1.82) is 0 Å². The maximum Gasteiger partial charge on any atom is 0.137 e. The normalized spacial score (nSPS) is 12.9. The average molecular weight is 263 g/mol. The first-order valence-corrected chi connectivity index (χ1v) is 6.19. The second-order valence-electron chi connectivity index (χ2n) is 3.43. The molecule has 1 aromatic carbocycles. The van der Waals surface area contributed by atoms with Crippen molar-refractivity contribution in [2.24, 2.45) is 0 Å². The molecule has 1 N–H and O–H groups in total. The number of aryl methyl sites for hydroxylation is 1. The summed E-state index contributed by atoms with van der Waals surface area (Å²) in [7, 11) is 0. The van der Waals surface area contributed by atoms with E-state index in [1.54, 1.807) is 6.07 Å². The molecule has 0 aromatic heterocycles. The van der Waals surface area contributed by atoms with E-state index in [0.29, 0.717) is 6.61 Å². The van der Waals surface area contributed by atoms with Gasteiger partial charge in [0.25, 0.3) is 0 Å². The first kappa shape index (κ1) is 13.6. The van der Waals surface area contributed by atoms with Crippen molar-refractivity contribution >= 4 is 23.2 Å². The molecule has 0 aliphatic rings. The van der Waals surface area contributed by atoms with E-state index >= 15 is 0 Å². The van der Waals surface area contributed by atoms with Gasteiger partial charge in [-0.25, -0.2) is 0 Å². The third kappa shape index (κ3) is 3.27. The number of hydrogen-bond donors (Lipinski definition) is 1. The topological polar surface area (TPSA) is 29.5 Å². The molecule has 0 fully saturated rings. The first-order valence-electron chi connectivity index (χ1n) is 5.32. The number of benzene rings is 1. The Morgan fingerprint density at radius 1 is 1.31 bits per heavy atom. The molecule has 0 saturated heterocycles. The molecule has 1 atom stereocenters. The smallest absolute Gasteiger partial charge is 0.137 e. The monoisotopic (exact) mass is 262 g/mol. The van der Waals surface area contributed by atoms with Crippen molar-refractivity contribution in [2.75, 3.05) is 6.61 Å². The molecule has 4 heteroatoms. The van der Waals surface area contributed by atoms with Gasteiger partial charge < -0.3 is 9.84 Å². The van der Waals surface area contributed by atoms with Crippen LogP contribution in [0.2, 0.25) is 0 Å². The van der Waals surface area contributed by atoms with Crippen LogP contribution >= 0.6 is 23.2 Å². The van der Waals surface area contributed by atoms with Gasteiger partial charge in [0.05, 0.1) is 6.61 Å². The van der Waals surface area contributed by atoms with Crippen LogP contribution in [0, 0.1) is 0 Å². The van der Waals surface area contributed by atoms with E-state index in [4.69, 9.17) is 27.9 Å². The van der Waals surface area contributed by atoms with Crippen LogP contribution in [0.5, 0.6) is 5.75 Å². The van der Waals surface area contributed by atoms with Gasteiger partial charge in [0.1, 0.15) is 16.7 Å². The number of rotatable bonds is 5. The number of hydrogen-bond acceptors (Lipinski definition) is 2. The summed E-state index contributed by atoms with van der Waals surface area (Å²) in [5, 5.41) is 9.73. The van der Waals surface area contributed by atoms with E-state index in [1.165, 1.54) is 0 Å². The standard InChI is InChI=1S/C12H16Cl2O2/c1-3-8-7-9(11(15)12(13)14)5-6-10(8)16-4-2/h5-7,11-12,15H,3-4H2,1-2H3. The van der Waals surface area contributed by atoms with E-state index in [0.717, 1.165) is 23.3 Å². The van der Waals surface area contributed by atoms with Gasteiger partial charge in [-0.15, -0.1) is 23.2 Å². The molecule has 0 saturated carbocycles. The van der Waals surface area contributed by atoms with Crippen LogP contribution in [0.4, 0.5) is 0 Å². The minimum Gasteiger partial charge on any atom is -0.494 e. The molecule has 16 heavy (non-hydrogen) atoms. The highest BCUT2D eigenvalue weighted by atomic mass is 35.5. The number of aliphatic hydroxyl groups excluding tert-OH is 1. The van der Waals surface area contributed by atoms with Gasteiger partial charge in [-0.1, -0.05) is 13.0 Å². The Morgan fingerprint density at radius 3 is 2.50 bits per heavy atom. The summed E-state index contributed by atoms with van der Waals surface area (Å²) in [6.07, 6.45) is -0.0187. The number of ether oxygens (including phenoxy) is 1. The number of halogens is 2. The van der Waals surface area contributed by atoms with Crippen molar-refractivity contribution in [3.05, 3.63) is 29.3 Å². The molecule has 0 bridgehead atoms. The summed E-state index contributed by atoms with van der Waals surface area (Å²) in [5.41, 5.74) is 1.77. The quantitative estimate of drug-likeness (QED) is 0.824. The second kappa shape index (κ2) is 6.33. The molecule has 0 aliphatic heterocycles. The summed E-state index contributed by atoms with van der Waals surface area (Å²) in [5.74, 6) is 0.849. The summed E-state index contributed by atoms with van der Waals surface area (Å²) in [6.45, 7) is 4.60. The molecule has 0 radical (unpaired) electrons. The fourth-order valence-electron chi connectivity index (χ4n) is 1.50. The zero-order chi connectivity index (χ0) is 12.1. The molecule has 1 rings (SSSR count). The predicted molar refractivity (Wildman–Crippen MR) is 67.4 cm³/mol. The summed E-state index contributed by atoms with van der Waals surface area (Å²) in [4.78, 5) is -0.817. The Balaban J connectivity index is 2.99. The molecule has 1 unspecified atom stereocenters. The Kier molecular flexibility index (Phi) is 5.39. The van der Waals surface area contributed by atoms with E-state index in [1.807, 2.05) is 26.0 Å². The molecule has 0 aliphatic carbocycles. The van der Waals surface area contributed by atoms with Crippen molar-refractivity contribution in [2.45, 2.75) is 31.2 Å². The van der Waals surface area contributed by atoms with Crippen LogP contribution in [0.25, 0.3) is 0 Å². The largest absolute Gasteiger partial charge is 0.494 e. The number of aliphatic hydroxyl groups is 1. The highest BCUT2D eigenvalue weighted by molar-refractivity contribution is 6.44. The molecule has 0 heterocycles. The molecule has 2 nitrogen and oxygen atoms in total. The van der Waals surface area contributed by atoms with E-state index < -0.39 is 10.9 Å². The van der Waals surface area contributed by atoms with Crippen LogP contribution in [-0.4, -0.2) is 16.5 Å². The Labute approximate surface area is 106 Å². The van der Waals surface area contributed by atoms with Crippen LogP contribution < -0.4 is 4.74 Å². The maximum absolute atomic E-state index is 9.73. The van der Waals surface area contributed by atoms with Gasteiger partial charge in [-0.3, -0.25) is 0 Å². The van der Waals surface area contributed by atoms with Crippen molar-refractivity contribution in [3.8, 4) is 5.75 Å². The highest BCUT2D eigenvalue weighted by Gasteiger charge is 2.17. The Morgan fingerprint density at radius 2 is 2.00 bits per heavy atom. The van der Waals surface area contributed by atoms with Crippen molar-refractivity contribution < 1.29 is 9.84 Å². The zero-order valence-electron chi connectivity index (χ0n) is 9.41. The molecule has 0 spiro atoms. The van der Waals surface area contributed by atoms with Crippen molar-refractivity contribution in [3.63, 3.8) is 0 Å². The average Bonchev–Trinajstić information content (AvgIpc) is 2.29. The lowest BCUT2D eigenvalue weighted by atomic mass is 10.0. The van der Waals surface area contributed by atoms with Gasteiger partial charge in [0.2, 0.25) is 0 Å². The first-order chi connectivity index (χ1) is 7.60. The fraction of sp³-hybridized carbons (Fsp3) is 0.500. The van der Waals surface area contributed by atoms with Gasteiger partial charge in [0.15, 0.2) is 0 Å². The molecule has 90 valence electrons. The van der Waals surface area contributed by atoms with Gasteiger partial charge in [0, 0.05) is 0 Å². The van der Waals surface area contributed by atoms with Crippen LogP contribution in [0.3, 0.4) is 0 Å². The van der Waals surface area contributed by atoms with E-state index in [2.05, 4.69) is 0 Å². The van der Waals surface area contributed by atoms with Crippen LogP contribution in [-0.2, 0) is 6.42 Å². The summed E-state index contributed by atoms with van der Waals surface area (Å²) >= 11 is 11.3.